The Balaban J connectivity index is 1.54. The summed E-state index contributed by atoms with van der Waals surface area (Å²) in [6.45, 7) is 0.168. The minimum Gasteiger partial charge on any atom is -0.383 e. The van der Waals surface area contributed by atoms with E-state index in [9.17, 15) is 19.1 Å². The van der Waals surface area contributed by atoms with Crippen molar-refractivity contribution in [1.29, 1.82) is 0 Å². The number of aliphatic hydroxyl groups is 1. The zero-order chi connectivity index (χ0) is 19.2. The zero-order valence-corrected chi connectivity index (χ0v) is 15.0. The Morgan fingerprint density at radius 1 is 0.963 bits per heavy atom. The molecule has 3 aromatic rings. The summed E-state index contributed by atoms with van der Waals surface area (Å²) >= 11 is 1.36. The van der Waals surface area contributed by atoms with Gasteiger partial charge < -0.3 is 15.7 Å². The van der Waals surface area contributed by atoms with E-state index in [0.717, 1.165) is 15.3 Å². The first-order valence-corrected chi connectivity index (χ1v) is 9.01. The summed E-state index contributed by atoms with van der Waals surface area (Å²) in [4.78, 5) is 25.3. The van der Waals surface area contributed by atoms with E-state index < -0.39 is 23.7 Å². The van der Waals surface area contributed by atoms with Crippen LogP contribution >= 0.6 is 11.3 Å². The molecular weight excluding hydrogens is 367 g/mol. The summed E-state index contributed by atoms with van der Waals surface area (Å²) in [5.41, 5.74) is 1.12. The molecule has 0 unspecified atom stereocenters. The second-order valence-electron chi connectivity index (χ2n) is 5.76. The molecule has 0 saturated heterocycles. The van der Waals surface area contributed by atoms with Gasteiger partial charge >= 0.3 is 11.8 Å². The summed E-state index contributed by atoms with van der Waals surface area (Å²) in [5, 5.41) is 15.3. The molecule has 0 radical (unpaired) electrons. The molecule has 1 heterocycles. The molecule has 27 heavy (non-hydrogen) atoms. The molecule has 1 atom stereocenters. The minimum atomic E-state index is -0.831. The van der Waals surface area contributed by atoms with Crippen molar-refractivity contribution in [2.45, 2.75) is 12.6 Å². The van der Waals surface area contributed by atoms with Crippen LogP contribution in [0.4, 0.5) is 10.1 Å². The van der Waals surface area contributed by atoms with Crippen LogP contribution in [0, 0.1) is 5.82 Å². The molecule has 1 aromatic heterocycles. The molecule has 2 aromatic carbocycles. The van der Waals surface area contributed by atoms with E-state index in [4.69, 9.17) is 0 Å². The number of hydrogen-bond donors (Lipinski definition) is 3. The number of benzene rings is 2. The van der Waals surface area contributed by atoms with Crippen LogP contribution in [0.5, 0.6) is 0 Å². The summed E-state index contributed by atoms with van der Waals surface area (Å²) in [6, 6.07) is 18.0. The molecule has 3 N–H and O–H groups in total. The molecule has 7 heteroatoms. The average molecular weight is 384 g/mol. The van der Waals surface area contributed by atoms with Crippen molar-refractivity contribution in [3.63, 3.8) is 0 Å². The molecule has 0 saturated carbocycles. The van der Waals surface area contributed by atoms with Crippen molar-refractivity contribution in [2.24, 2.45) is 0 Å². The second kappa shape index (κ2) is 8.57. The predicted octanol–water partition coefficient (Wildman–Crippen LogP) is 3.22. The van der Waals surface area contributed by atoms with E-state index in [1.54, 1.807) is 12.1 Å². The third-order valence-electron chi connectivity index (χ3n) is 3.80. The maximum atomic E-state index is 12.8. The van der Waals surface area contributed by atoms with Crippen LogP contribution in [-0.2, 0) is 16.1 Å². The van der Waals surface area contributed by atoms with Crippen molar-refractivity contribution in [3.05, 3.63) is 87.9 Å². The molecule has 138 valence electrons. The fraction of sp³-hybridized carbons (Fsp3) is 0.100. The van der Waals surface area contributed by atoms with Crippen molar-refractivity contribution in [1.82, 2.24) is 5.32 Å². The Hall–Kier alpha value is -3.03. The molecule has 0 aliphatic heterocycles. The van der Waals surface area contributed by atoms with Gasteiger partial charge in [-0.25, -0.2) is 4.39 Å². The number of thiophene rings is 1. The smallest absolute Gasteiger partial charge is 0.313 e. The Labute approximate surface area is 159 Å². The van der Waals surface area contributed by atoms with E-state index in [1.165, 1.54) is 35.6 Å². The number of halogens is 1. The molecule has 0 bridgehead atoms. The maximum absolute atomic E-state index is 12.8. The third kappa shape index (κ3) is 4.99. The van der Waals surface area contributed by atoms with Gasteiger partial charge in [0.05, 0.1) is 6.54 Å². The van der Waals surface area contributed by atoms with E-state index in [1.807, 2.05) is 30.3 Å². The highest BCUT2D eigenvalue weighted by Crippen LogP contribution is 2.28. The van der Waals surface area contributed by atoms with Gasteiger partial charge in [-0.05, 0) is 42.0 Å². The lowest BCUT2D eigenvalue weighted by Crippen LogP contribution is -2.34. The first-order chi connectivity index (χ1) is 13.0. The number of carbonyl (C=O) groups excluding carboxylic acids is 2. The summed E-state index contributed by atoms with van der Waals surface area (Å²) < 4.78 is 12.8. The monoisotopic (exact) mass is 384 g/mol. The predicted molar refractivity (Wildman–Crippen MR) is 102 cm³/mol. The highest BCUT2D eigenvalue weighted by atomic mass is 32.1. The van der Waals surface area contributed by atoms with E-state index in [2.05, 4.69) is 10.6 Å². The first kappa shape index (κ1) is 18.8. The fourth-order valence-electron chi connectivity index (χ4n) is 2.40. The van der Waals surface area contributed by atoms with Gasteiger partial charge in [-0.3, -0.25) is 9.59 Å². The topological polar surface area (TPSA) is 78.4 Å². The van der Waals surface area contributed by atoms with Gasteiger partial charge in [-0.2, -0.15) is 0 Å². The largest absolute Gasteiger partial charge is 0.383 e. The quantitative estimate of drug-likeness (QED) is 0.591. The van der Waals surface area contributed by atoms with Crippen LogP contribution in [-0.4, -0.2) is 16.9 Å². The average Bonchev–Trinajstić information content (AvgIpc) is 3.17. The Morgan fingerprint density at radius 2 is 1.67 bits per heavy atom. The SMILES string of the molecule is O=C(NCc1ccc([C@H](O)c2ccccc2)s1)C(=O)Nc1ccc(F)cc1. The number of nitrogens with one attached hydrogen (secondary N) is 2. The molecule has 3 rings (SSSR count). The molecule has 2 amide bonds. The van der Waals surface area contributed by atoms with Gasteiger partial charge in [0.1, 0.15) is 11.9 Å². The van der Waals surface area contributed by atoms with Crippen LogP contribution in [0.2, 0.25) is 0 Å². The van der Waals surface area contributed by atoms with Gasteiger partial charge in [-0.1, -0.05) is 30.3 Å². The number of aliphatic hydroxyl groups excluding tert-OH is 1. The van der Waals surface area contributed by atoms with Crippen molar-refractivity contribution < 1.29 is 19.1 Å². The van der Waals surface area contributed by atoms with Gasteiger partial charge in [0.15, 0.2) is 0 Å². The van der Waals surface area contributed by atoms with Gasteiger partial charge in [-0.15, -0.1) is 11.3 Å². The molecule has 0 fully saturated rings. The van der Waals surface area contributed by atoms with Crippen LogP contribution in [0.25, 0.3) is 0 Å². The minimum absolute atomic E-state index is 0.168. The number of rotatable bonds is 5. The van der Waals surface area contributed by atoms with E-state index in [0.29, 0.717) is 5.69 Å². The summed E-state index contributed by atoms with van der Waals surface area (Å²) in [5.74, 6) is -2.05. The lowest BCUT2D eigenvalue weighted by atomic mass is 10.1. The Bertz CT molecular complexity index is 926. The molecule has 0 aliphatic carbocycles. The molecule has 0 spiro atoms. The van der Waals surface area contributed by atoms with Crippen LogP contribution in [0.15, 0.2) is 66.7 Å². The number of amides is 2. The van der Waals surface area contributed by atoms with Gasteiger partial charge in [0, 0.05) is 15.4 Å². The zero-order valence-electron chi connectivity index (χ0n) is 14.2. The van der Waals surface area contributed by atoms with E-state index in [-0.39, 0.29) is 6.54 Å². The third-order valence-corrected chi connectivity index (χ3v) is 4.94. The normalized spacial score (nSPS) is 11.6. The highest BCUT2D eigenvalue weighted by molar-refractivity contribution is 7.12. The summed E-state index contributed by atoms with van der Waals surface area (Å²) in [7, 11) is 0. The van der Waals surface area contributed by atoms with Crippen molar-refractivity contribution in [2.75, 3.05) is 5.32 Å². The second-order valence-corrected chi connectivity index (χ2v) is 6.96. The van der Waals surface area contributed by atoms with Crippen LogP contribution in [0.1, 0.15) is 21.4 Å². The Morgan fingerprint density at radius 3 is 2.37 bits per heavy atom. The Kier molecular flexibility index (Phi) is 5.95. The van der Waals surface area contributed by atoms with Crippen LogP contribution < -0.4 is 10.6 Å². The standard InChI is InChI=1S/C20H17FN2O3S/c21-14-6-8-15(9-7-14)23-20(26)19(25)22-12-16-10-11-17(27-16)18(24)13-4-2-1-3-5-13/h1-11,18,24H,12H2,(H,22,25)(H,23,26)/t18-/m1/s1. The van der Waals surface area contributed by atoms with Crippen LogP contribution in [0.3, 0.4) is 0 Å². The molecule has 5 nitrogen and oxygen atoms in total. The number of anilines is 1. The molecule has 0 aliphatic rings. The lowest BCUT2D eigenvalue weighted by Gasteiger charge is -2.08. The van der Waals surface area contributed by atoms with Crippen molar-refractivity contribution in [3.8, 4) is 0 Å². The number of carbonyl (C=O) groups is 2. The highest BCUT2D eigenvalue weighted by Gasteiger charge is 2.16. The van der Waals surface area contributed by atoms with E-state index >= 15 is 0 Å². The molecular formula is C20H17FN2O3S. The van der Waals surface area contributed by atoms with Crippen molar-refractivity contribution >= 4 is 28.8 Å². The fourth-order valence-corrected chi connectivity index (χ4v) is 3.37. The number of hydrogen-bond acceptors (Lipinski definition) is 4. The van der Waals surface area contributed by atoms with Gasteiger partial charge in [0.25, 0.3) is 0 Å². The maximum Gasteiger partial charge on any atom is 0.313 e. The summed E-state index contributed by atoms with van der Waals surface area (Å²) in [6.07, 6.45) is -0.734. The lowest BCUT2D eigenvalue weighted by molar-refractivity contribution is -0.136. The first-order valence-electron chi connectivity index (χ1n) is 8.19. The van der Waals surface area contributed by atoms with Gasteiger partial charge in [0.2, 0.25) is 0 Å².